The second-order valence-corrected chi connectivity index (χ2v) is 5.30. The zero-order valence-electron chi connectivity index (χ0n) is 12.2. The minimum Gasteiger partial charge on any atom is -0.389 e. The molecule has 4 nitrogen and oxygen atoms in total. The molecule has 0 saturated heterocycles. The molecule has 0 radical (unpaired) electrons. The van der Waals surface area contributed by atoms with Crippen LogP contribution in [0.1, 0.15) is 31.7 Å². The van der Waals surface area contributed by atoms with Gasteiger partial charge in [-0.15, -0.1) is 0 Å². The maximum absolute atomic E-state index is 11.9. The van der Waals surface area contributed by atoms with Gasteiger partial charge in [-0.2, -0.15) is 0 Å². The third-order valence-corrected chi connectivity index (χ3v) is 3.30. The number of benzene rings is 1. The van der Waals surface area contributed by atoms with Crippen LogP contribution in [0.15, 0.2) is 24.3 Å². The van der Waals surface area contributed by atoms with E-state index in [1.165, 1.54) is 0 Å². The molecule has 1 aromatic rings. The first-order valence-electron chi connectivity index (χ1n) is 6.91. The molecule has 0 heterocycles. The Morgan fingerprint density at radius 3 is 2.70 bits per heavy atom. The Morgan fingerprint density at radius 1 is 1.35 bits per heavy atom. The number of amides is 1. The molecule has 1 aromatic carbocycles. The Hall–Kier alpha value is -1.46. The molecule has 0 aromatic heterocycles. The van der Waals surface area contributed by atoms with Crippen LogP contribution in [0, 0.1) is 0 Å². The maximum Gasteiger partial charge on any atom is 0.225 e. The molecule has 20 heavy (non-hydrogen) atoms. The van der Waals surface area contributed by atoms with Crippen molar-refractivity contribution in [2.75, 3.05) is 25.5 Å². The van der Waals surface area contributed by atoms with Gasteiger partial charge >= 0.3 is 0 Å². The summed E-state index contributed by atoms with van der Waals surface area (Å²) in [5.74, 6) is -0.0166. The molecule has 0 bridgehead atoms. The smallest absolute Gasteiger partial charge is 0.225 e. The quantitative estimate of drug-likeness (QED) is 0.723. The van der Waals surface area contributed by atoms with Gasteiger partial charge in [0.25, 0.3) is 0 Å². The number of nitrogens with one attached hydrogen (secondary N) is 1. The van der Waals surface area contributed by atoms with Crippen molar-refractivity contribution < 1.29 is 4.79 Å². The van der Waals surface area contributed by atoms with Crippen molar-refractivity contribution in [3.63, 3.8) is 0 Å². The highest BCUT2D eigenvalue weighted by Gasteiger charge is 2.09. The molecule has 0 atom stereocenters. The summed E-state index contributed by atoms with van der Waals surface area (Å²) < 4.78 is 0. The van der Waals surface area contributed by atoms with Crippen LogP contribution in [0.4, 0.5) is 5.69 Å². The number of rotatable bonds is 8. The second-order valence-electron chi connectivity index (χ2n) is 4.86. The fourth-order valence-corrected chi connectivity index (χ4v) is 2.03. The molecule has 0 aliphatic rings. The number of nitrogens with zero attached hydrogens (tertiary/aromatic N) is 1. The van der Waals surface area contributed by atoms with Gasteiger partial charge in [0.15, 0.2) is 0 Å². The fourth-order valence-electron chi connectivity index (χ4n) is 1.85. The molecular formula is C15H23N3OS. The molecule has 1 rings (SSSR count). The molecule has 110 valence electrons. The normalized spacial score (nSPS) is 10.6. The van der Waals surface area contributed by atoms with Crippen LogP contribution in [0.25, 0.3) is 0 Å². The highest BCUT2D eigenvalue weighted by atomic mass is 32.1. The first-order chi connectivity index (χ1) is 9.54. The highest BCUT2D eigenvalue weighted by molar-refractivity contribution is 7.80. The topological polar surface area (TPSA) is 58.4 Å². The lowest BCUT2D eigenvalue weighted by atomic mass is 10.1. The summed E-state index contributed by atoms with van der Waals surface area (Å²) in [6.45, 7) is 3.93. The van der Waals surface area contributed by atoms with Crippen molar-refractivity contribution in [2.45, 2.75) is 26.2 Å². The van der Waals surface area contributed by atoms with Crippen LogP contribution in [0.2, 0.25) is 0 Å². The van der Waals surface area contributed by atoms with E-state index < -0.39 is 0 Å². The minimum absolute atomic E-state index is 0.0166. The van der Waals surface area contributed by atoms with Crippen molar-refractivity contribution in [3.8, 4) is 0 Å². The zero-order chi connectivity index (χ0) is 15.0. The molecule has 0 unspecified atom stereocenters. The lowest BCUT2D eigenvalue weighted by molar-refractivity contribution is -0.116. The van der Waals surface area contributed by atoms with Gasteiger partial charge < -0.3 is 16.0 Å². The van der Waals surface area contributed by atoms with E-state index in [0.717, 1.165) is 25.9 Å². The van der Waals surface area contributed by atoms with Crippen LogP contribution in [-0.4, -0.2) is 35.9 Å². The Morgan fingerprint density at radius 2 is 2.05 bits per heavy atom. The van der Waals surface area contributed by atoms with E-state index in [1.54, 1.807) is 0 Å². The average Bonchev–Trinajstić information content (AvgIpc) is 2.43. The van der Waals surface area contributed by atoms with Gasteiger partial charge in [-0.25, -0.2) is 0 Å². The molecule has 0 aliphatic heterocycles. The molecule has 0 spiro atoms. The Bertz CT molecular complexity index is 462. The Balaban J connectivity index is 2.49. The van der Waals surface area contributed by atoms with Crippen LogP contribution >= 0.6 is 12.2 Å². The van der Waals surface area contributed by atoms with Crippen molar-refractivity contribution in [1.82, 2.24) is 4.90 Å². The van der Waals surface area contributed by atoms with Gasteiger partial charge in [-0.3, -0.25) is 4.79 Å². The molecule has 0 aliphatic carbocycles. The Kier molecular flexibility index (Phi) is 7.18. The van der Waals surface area contributed by atoms with Gasteiger partial charge in [0.05, 0.1) is 5.69 Å². The lowest BCUT2D eigenvalue weighted by Crippen LogP contribution is -2.25. The summed E-state index contributed by atoms with van der Waals surface area (Å²) in [4.78, 5) is 14.4. The fraction of sp³-hybridized carbons (Fsp3) is 0.467. The second kappa shape index (κ2) is 8.66. The average molecular weight is 293 g/mol. The van der Waals surface area contributed by atoms with E-state index in [4.69, 9.17) is 18.0 Å². The number of hydrogen-bond acceptors (Lipinski definition) is 3. The SMILES string of the molecule is CCCCN(C)CCC(=O)Nc1ccccc1C(N)=S. The summed E-state index contributed by atoms with van der Waals surface area (Å²) in [6, 6.07) is 7.33. The zero-order valence-corrected chi connectivity index (χ0v) is 13.0. The van der Waals surface area contributed by atoms with Gasteiger partial charge in [-0.1, -0.05) is 37.7 Å². The lowest BCUT2D eigenvalue weighted by Gasteiger charge is -2.16. The minimum atomic E-state index is -0.0166. The molecule has 0 fully saturated rings. The van der Waals surface area contributed by atoms with Crippen LogP contribution in [-0.2, 0) is 4.79 Å². The van der Waals surface area contributed by atoms with Crippen molar-refractivity contribution in [1.29, 1.82) is 0 Å². The standard InChI is InChI=1S/C15H23N3OS/c1-3-4-10-18(2)11-9-14(19)17-13-8-6-5-7-12(13)15(16)20/h5-8H,3-4,9-11H2,1-2H3,(H2,16,20)(H,17,19). The predicted molar refractivity (Wildman–Crippen MR) is 88.0 cm³/mol. The predicted octanol–water partition coefficient (Wildman–Crippen LogP) is 2.38. The summed E-state index contributed by atoms with van der Waals surface area (Å²) in [5.41, 5.74) is 7.02. The Labute approximate surface area is 126 Å². The number of anilines is 1. The van der Waals surface area contributed by atoms with E-state index in [0.29, 0.717) is 22.7 Å². The van der Waals surface area contributed by atoms with E-state index in [2.05, 4.69) is 17.1 Å². The molecule has 0 saturated carbocycles. The van der Waals surface area contributed by atoms with Crippen molar-refractivity contribution in [2.24, 2.45) is 5.73 Å². The number of carbonyl (C=O) groups excluding carboxylic acids is 1. The number of thiocarbonyl (C=S) groups is 1. The maximum atomic E-state index is 11.9. The van der Waals surface area contributed by atoms with Crippen molar-refractivity contribution >= 4 is 28.8 Å². The summed E-state index contributed by atoms with van der Waals surface area (Å²) in [6.07, 6.45) is 2.78. The van der Waals surface area contributed by atoms with Gasteiger partial charge in [0, 0.05) is 18.5 Å². The monoisotopic (exact) mass is 293 g/mol. The van der Waals surface area contributed by atoms with Crippen molar-refractivity contribution in [3.05, 3.63) is 29.8 Å². The molecular weight excluding hydrogens is 270 g/mol. The van der Waals surface area contributed by atoms with Crippen LogP contribution in [0.5, 0.6) is 0 Å². The number of unbranched alkanes of at least 4 members (excludes halogenated alkanes) is 1. The van der Waals surface area contributed by atoms with E-state index in [9.17, 15) is 4.79 Å². The number of nitrogens with two attached hydrogens (primary N) is 1. The number of para-hydroxylation sites is 1. The summed E-state index contributed by atoms with van der Waals surface area (Å²) in [7, 11) is 2.03. The van der Waals surface area contributed by atoms with E-state index in [1.807, 2.05) is 31.3 Å². The van der Waals surface area contributed by atoms with Gasteiger partial charge in [0.1, 0.15) is 4.99 Å². The van der Waals surface area contributed by atoms with Crippen LogP contribution in [0.3, 0.4) is 0 Å². The molecule has 1 amide bonds. The number of hydrogen-bond donors (Lipinski definition) is 2. The van der Waals surface area contributed by atoms with Gasteiger partial charge in [0.2, 0.25) is 5.91 Å². The van der Waals surface area contributed by atoms with Crippen LogP contribution < -0.4 is 11.1 Å². The largest absolute Gasteiger partial charge is 0.389 e. The third-order valence-electron chi connectivity index (χ3n) is 3.08. The first kappa shape index (κ1) is 16.6. The van der Waals surface area contributed by atoms with E-state index >= 15 is 0 Å². The summed E-state index contributed by atoms with van der Waals surface area (Å²) >= 11 is 4.97. The first-order valence-corrected chi connectivity index (χ1v) is 7.32. The molecule has 3 N–H and O–H groups in total. The van der Waals surface area contributed by atoms with Gasteiger partial charge in [-0.05, 0) is 32.1 Å². The van der Waals surface area contributed by atoms with E-state index in [-0.39, 0.29) is 5.91 Å². The third kappa shape index (κ3) is 5.67. The number of carbonyl (C=O) groups is 1. The molecule has 5 heteroatoms. The summed E-state index contributed by atoms with van der Waals surface area (Å²) in [5, 5.41) is 2.87. The highest BCUT2D eigenvalue weighted by Crippen LogP contribution is 2.15.